The van der Waals surface area contributed by atoms with E-state index >= 15 is 0 Å². The monoisotopic (exact) mass is 556 g/mol. The Balaban J connectivity index is 1.52. The summed E-state index contributed by atoms with van der Waals surface area (Å²) in [5, 5.41) is 3.02. The number of amides is 1. The molecule has 1 aliphatic heterocycles. The summed E-state index contributed by atoms with van der Waals surface area (Å²) in [6.07, 6.45) is 3.05. The maximum atomic E-state index is 13.7. The van der Waals surface area contributed by atoms with E-state index in [4.69, 9.17) is 25.8 Å². The zero-order chi connectivity index (χ0) is 27.3. The number of ether oxygens (including phenoxy) is 3. The lowest BCUT2D eigenvalue weighted by atomic mass is 10.2. The topological polar surface area (TPSA) is 111 Å². The number of anilines is 2. The maximum absolute atomic E-state index is 13.7. The zero-order valence-corrected chi connectivity index (χ0v) is 22.2. The number of rotatable bonds is 9. The van der Waals surface area contributed by atoms with Gasteiger partial charge in [-0.3, -0.25) is 9.10 Å². The fourth-order valence-electron chi connectivity index (χ4n) is 4.03. The van der Waals surface area contributed by atoms with Crippen molar-refractivity contribution in [2.24, 2.45) is 0 Å². The minimum atomic E-state index is -4.03. The minimum Gasteiger partial charge on any atom is -0.493 e. The standard InChI is InChI=1S/C27H25ClN2O7S/c1-35-23-14-18(10-11-26(32)37-17-25(31)29-21-8-5-7-20(28)16-21)15-24(27(23)36-2)38(33,34)30-13-12-19-6-3-4-9-22(19)30/h3-11,14-16H,12-13,17H2,1-2H3,(H,29,31)/b11-10+. The van der Waals surface area contributed by atoms with Crippen LogP contribution in [0.4, 0.5) is 11.4 Å². The van der Waals surface area contributed by atoms with E-state index in [1.165, 1.54) is 36.7 Å². The number of para-hydroxylation sites is 1. The maximum Gasteiger partial charge on any atom is 0.331 e. The second-order valence-corrected chi connectivity index (χ2v) is 10.5. The molecule has 1 aliphatic rings. The number of carbonyl (C=O) groups is 2. The highest BCUT2D eigenvalue weighted by Crippen LogP contribution is 2.40. The Morgan fingerprint density at radius 2 is 1.84 bits per heavy atom. The molecule has 0 spiro atoms. The average molecular weight is 557 g/mol. The molecule has 0 bridgehead atoms. The highest BCUT2D eigenvalue weighted by atomic mass is 35.5. The van der Waals surface area contributed by atoms with Crippen LogP contribution in [0, 0.1) is 0 Å². The van der Waals surface area contributed by atoms with E-state index in [9.17, 15) is 18.0 Å². The Bertz CT molecular complexity index is 1510. The number of nitrogens with zero attached hydrogens (tertiary/aromatic N) is 1. The predicted molar refractivity (Wildman–Crippen MR) is 144 cm³/mol. The SMILES string of the molecule is COc1cc(/C=C/C(=O)OCC(=O)Nc2cccc(Cl)c2)cc(S(=O)(=O)N2CCc3ccccc32)c1OC. The molecule has 1 amide bonds. The van der Waals surface area contributed by atoms with Crippen LogP contribution in [-0.2, 0) is 30.8 Å². The number of fused-ring (bicyclic) bond motifs is 1. The molecule has 0 aliphatic carbocycles. The van der Waals surface area contributed by atoms with Gasteiger partial charge >= 0.3 is 5.97 Å². The summed E-state index contributed by atoms with van der Waals surface area (Å²) in [5.41, 5.74) is 2.36. The Morgan fingerprint density at radius 3 is 2.58 bits per heavy atom. The summed E-state index contributed by atoms with van der Waals surface area (Å²) in [5.74, 6) is -1.11. The third kappa shape index (κ3) is 5.92. The van der Waals surface area contributed by atoms with Crippen LogP contribution in [0.25, 0.3) is 6.08 Å². The highest BCUT2D eigenvalue weighted by Gasteiger charge is 2.34. The highest BCUT2D eigenvalue weighted by molar-refractivity contribution is 7.93. The van der Waals surface area contributed by atoms with E-state index < -0.39 is 28.5 Å². The van der Waals surface area contributed by atoms with Gasteiger partial charge in [0.2, 0.25) is 0 Å². The fourth-order valence-corrected chi connectivity index (χ4v) is 5.93. The molecule has 1 N–H and O–H groups in total. The molecule has 9 nitrogen and oxygen atoms in total. The van der Waals surface area contributed by atoms with Gasteiger partial charge in [-0.15, -0.1) is 0 Å². The number of esters is 1. The molecule has 3 aromatic rings. The van der Waals surface area contributed by atoms with Crippen molar-refractivity contribution in [3.63, 3.8) is 0 Å². The van der Waals surface area contributed by atoms with Crippen LogP contribution >= 0.6 is 11.6 Å². The lowest BCUT2D eigenvalue weighted by Gasteiger charge is -2.22. The predicted octanol–water partition coefficient (Wildman–Crippen LogP) is 4.30. The van der Waals surface area contributed by atoms with E-state index in [1.807, 2.05) is 12.1 Å². The molecule has 0 radical (unpaired) electrons. The molecule has 11 heteroatoms. The summed E-state index contributed by atoms with van der Waals surface area (Å²) in [7, 11) is -1.28. The zero-order valence-electron chi connectivity index (χ0n) is 20.6. The summed E-state index contributed by atoms with van der Waals surface area (Å²) in [6.45, 7) is -0.230. The van der Waals surface area contributed by atoms with Crippen molar-refractivity contribution in [3.8, 4) is 11.5 Å². The molecule has 0 atom stereocenters. The average Bonchev–Trinajstić information content (AvgIpc) is 3.35. The molecule has 3 aromatic carbocycles. The molecular formula is C27H25ClN2O7S. The van der Waals surface area contributed by atoms with Crippen LogP contribution in [0.15, 0.2) is 71.6 Å². The lowest BCUT2D eigenvalue weighted by Crippen LogP contribution is -2.29. The van der Waals surface area contributed by atoms with Crippen molar-refractivity contribution in [1.82, 2.24) is 0 Å². The second-order valence-electron chi connectivity index (χ2n) is 8.21. The number of sulfonamides is 1. The number of methoxy groups -OCH3 is 2. The third-order valence-corrected chi connectivity index (χ3v) is 7.80. The van der Waals surface area contributed by atoms with Gasteiger partial charge in [-0.1, -0.05) is 35.9 Å². The van der Waals surface area contributed by atoms with Gasteiger partial charge in [-0.2, -0.15) is 0 Å². The van der Waals surface area contributed by atoms with E-state index in [0.29, 0.717) is 28.4 Å². The first kappa shape index (κ1) is 27.0. The molecule has 0 saturated heterocycles. The van der Waals surface area contributed by atoms with Crippen LogP contribution in [0.1, 0.15) is 11.1 Å². The van der Waals surface area contributed by atoms with Gasteiger partial charge in [0, 0.05) is 23.3 Å². The van der Waals surface area contributed by atoms with Crippen molar-refractivity contribution in [1.29, 1.82) is 0 Å². The first-order chi connectivity index (χ1) is 18.2. The Labute approximate surface area is 225 Å². The van der Waals surface area contributed by atoms with Crippen LogP contribution in [-0.4, -0.2) is 47.7 Å². The molecule has 0 fully saturated rings. The molecule has 4 rings (SSSR count). The summed E-state index contributed by atoms with van der Waals surface area (Å²) < 4.78 is 44.5. The molecule has 0 aromatic heterocycles. The van der Waals surface area contributed by atoms with E-state index in [-0.39, 0.29) is 22.9 Å². The van der Waals surface area contributed by atoms with Crippen LogP contribution < -0.4 is 19.1 Å². The van der Waals surface area contributed by atoms with E-state index in [0.717, 1.165) is 11.6 Å². The second kappa shape index (κ2) is 11.6. The van der Waals surface area contributed by atoms with Gasteiger partial charge in [-0.05, 0) is 60.0 Å². The van der Waals surface area contributed by atoms with Gasteiger partial charge in [0.15, 0.2) is 18.1 Å². The summed E-state index contributed by atoms with van der Waals surface area (Å²) >= 11 is 5.89. The first-order valence-corrected chi connectivity index (χ1v) is 13.3. The number of nitrogens with one attached hydrogen (secondary N) is 1. The van der Waals surface area contributed by atoms with E-state index in [2.05, 4.69) is 5.32 Å². The number of hydrogen-bond acceptors (Lipinski definition) is 7. The molecular weight excluding hydrogens is 532 g/mol. The Kier molecular flexibility index (Phi) is 8.23. The minimum absolute atomic E-state index is 0.0503. The van der Waals surface area contributed by atoms with Gasteiger partial charge in [-0.25, -0.2) is 13.2 Å². The molecule has 0 unspecified atom stereocenters. The number of carbonyl (C=O) groups excluding carboxylic acids is 2. The Morgan fingerprint density at radius 1 is 1.05 bits per heavy atom. The number of hydrogen-bond donors (Lipinski definition) is 1. The van der Waals surface area contributed by atoms with Crippen LogP contribution in [0.2, 0.25) is 5.02 Å². The van der Waals surface area contributed by atoms with Crippen molar-refractivity contribution >= 4 is 51.0 Å². The van der Waals surface area contributed by atoms with Crippen molar-refractivity contribution < 1.29 is 32.2 Å². The molecule has 0 saturated carbocycles. The van der Waals surface area contributed by atoms with Gasteiger partial charge in [0.05, 0.1) is 19.9 Å². The molecule has 1 heterocycles. The van der Waals surface area contributed by atoms with Gasteiger partial charge in [0.1, 0.15) is 4.90 Å². The normalized spacial score (nSPS) is 12.8. The van der Waals surface area contributed by atoms with Crippen LogP contribution in [0.3, 0.4) is 0 Å². The lowest BCUT2D eigenvalue weighted by molar-refractivity contribution is -0.142. The van der Waals surface area contributed by atoms with Crippen molar-refractivity contribution in [2.45, 2.75) is 11.3 Å². The van der Waals surface area contributed by atoms with E-state index in [1.54, 1.807) is 36.4 Å². The van der Waals surface area contributed by atoms with Gasteiger partial charge < -0.3 is 19.5 Å². The number of halogens is 1. The van der Waals surface area contributed by atoms with Crippen LogP contribution in [0.5, 0.6) is 11.5 Å². The summed E-state index contributed by atoms with van der Waals surface area (Å²) in [4.78, 5) is 24.2. The summed E-state index contributed by atoms with van der Waals surface area (Å²) in [6, 6.07) is 16.8. The van der Waals surface area contributed by atoms with Crippen molar-refractivity contribution in [2.75, 3.05) is 37.0 Å². The fraction of sp³-hybridized carbons (Fsp3) is 0.185. The Hall–Kier alpha value is -4.02. The largest absolute Gasteiger partial charge is 0.493 e. The quantitative estimate of drug-likeness (QED) is 0.309. The first-order valence-electron chi connectivity index (χ1n) is 11.5. The number of benzene rings is 3. The van der Waals surface area contributed by atoms with Gasteiger partial charge in [0.25, 0.3) is 15.9 Å². The third-order valence-electron chi connectivity index (χ3n) is 5.75. The smallest absolute Gasteiger partial charge is 0.331 e. The molecule has 38 heavy (non-hydrogen) atoms. The van der Waals surface area contributed by atoms with Crippen molar-refractivity contribution in [3.05, 3.63) is 82.9 Å². The molecule has 198 valence electrons.